The zero-order chi connectivity index (χ0) is 32.1. The number of halogens is 4. The molecule has 3 atom stereocenters. The van der Waals surface area contributed by atoms with Crippen molar-refractivity contribution in [3.8, 4) is 0 Å². The number of fused-ring (bicyclic) bond motifs is 1. The molecular formula is C29H30ClF3N6O5. The third-order valence-corrected chi connectivity index (χ3v) is 8.20. The van der Waals surface area contributed by atoms with Crippen LogP contribution in [0, 0.1) is 17.5 Å². The Morgan fingerprint density at radius 2 is 1.89 bits per heavy atom. The average molecular weight is 635 g/mol. The van der Waals surface area contributed by atoms with Crippen molar-refractivity contribution in [2.45, 2.75) is 44.4 Å². The van der Waals surface area contributed by atoms with Crippen LogP contribution < -0.4 is 5.32 Å². The smallest absolute Gasteiger partial charge is 0.338 e. The van der Waals surface area contributed by atoms with Crippen LogP contribution in [-0.2, 0) is 14.3 Å². The molecule has 0 aliphatic carbocycles. The third-order valence-electron chi connectivity index (χ3n) is 7.88. The van der Waals surface area contributed by atoms with E-state index in [2.05, 4.69) is 15.3 Å². The summed E-state index contributed by atoms with van der Waals surface area (Å²) in [6.45, 7) is 5.88. The number of esters is 1. The Labute approximate surface area is 255 Å². The van der Waals surface area contributed by atoms with E-state index < -0.39 is 53.1 Å². The number of nitrogens with one attached hydrogen (secondary N) is 1. The highest BCUT2D eigenvalue weighted by Crippen LogP contribution is 2.38. The molecule has 2 amide bonds. The van der Waals surface area contributed by atoms with Gasteiger partial charge in [-0.1, -0.05) is 17.7 Å². The Kier molecular flexibility index (Phi) is 8.33. The molecule has 1 aromatic heterocycles. The van der Waals surface area contributed by atoms with Gasteiger partial charge in [-0.15, -0.1) is 0 Å². The molecule has 0 spiro atoms. The molecule has 15 heteroatoms. The number of urea groups is 1. The molecule has 0 saturated carbocycles. The van der Waals surface area contributed by atoms with Gasteiger partial charge in [0.1, 0.15) is 29.4 Å². The number of hydrogen-bond donors (Lipinski definition) is 2. The number of aliphatic imine (C=N–C) groups is 1. The van der Waals surface area contributed by atoms with E-state index in [1.54, 1.807) is 9.80 Å². The van der Waals surface area contributed by atoms with Crippen molar-refractivity contribution in [1.82, 2.24) is 25.0 Å². The van der Waals surface area contributed by atoms with Crippen LogP contribution in [-0.4, -0.2) is 99.5 Å². The van der Waals surface area contributed by atoms with E-state index in [4.69, 9.17) is 16.3 Å². The van der Waals surface area contributed by atoms with Gasteiger partial charge in [0.05, 0.1) is 24.9 Å². The Morgan fingerprint density at radius 3 is 2.50 bits per heavy atom. The minimum absolute atomic E-state index is 0.0855. The fourth-order valence-electron chi connectivity index (χ4n) is 5.80. The minimum atomic E-state index is -1.26. The highest BCUT2D eigenvalue weighted by molar-refractivity contribution is 6.31. The summed E-state index contributed by atoms with van der Waals surface area (Å²) in [4.78, 5) is 52.2. The molecule has 3 aliphatic heterocycles. The predicted octanol–water partition coefficient (Wildman–Crippen LogP) is 3.34. The summed E-state index contributed by atoms with van der Waals surface area (Å²) in [7, 11) is 1.14. The van der Waals surface area contributed by atoms with E-state index in [-0.39, 0.29) is 65.6 Å². The Hall–Kier alpha value is -4.17. The second-order valence-corrected chi connectivity index (χ2v) is 12.0. The number of carboxylic acids is 1. The molecule has 0 radical (unpaired) electrons. The van der Waals surface area contributed by atoms with Gasteiger partial charge in [-0.2, -0.15) is 0 Å². The van der Waals surface area contributed by atoms with E-state index in [0.29, 0.717) is 6.07 Å². The number of piperazine rings is 1. The number of carboxylic acid groups (broad SMARTS) is 1. The summed E-state index contributed by atoms with van der Waals surface area (Å²) in [6, 6.07) is 0.657. The monoisotopic (exact) mass is 634 g/mol. The first-order valence-corrected chi connectivity index (χ1v) is 14.1. The second kappa shape index (κ2) is 11.7. The zero-order valence-electron chi connectivity index (χ0n) is 24.3. The van der Waals surface area contributed by atoms with Crippen LogP contribution in [0.2, 0.25) is 5.02 Å². The number of rotatable bonds is 6. The summed E-state index contributed by atoms with van der Waals surface area (Å²) in [5, 5.41) is 13.2. The Morgan fingerprint density at radius 1 is 1.16 bits per heavy atom. The largest absolute Gasteiger partial charge is 0.480 e. The number of nitrogens with zero attached hydrogens (tertiary/aromatic N) is 5. The molecular weight excluding hydrogens is 605 g/mol. The van der Waals surface area contributed by atoms with Crippen LogP contribution in [0.3, 0.4) is 0 Å². The number of methoxy groups -OCH3 is 1. The van der Waals surface area contributed by atoms with Crippen molar-refractivity contribution in [3.05, 3.63) is 75.5 Å². The molecule has 11 nitrogen and oxygen atoms in total. The van der Waals surface area contributed by atoms with Gasteiger partial charge >= 0.3 is 18.0 Å². The van der Waals surface area contributed by atoms with Crippen molar-refractivity contribution < 1.29 is 37.4 Å². The number of ether oxygens (including phenoxy) is 1. The van der Waals surface area contributed by atoms with Crippen molar-refractivity contribution >= 4 is 35.4 Å². The van der Waals surface area contributed by atoms with Crippen LogP contribution in [0.15, 0.2) is 46.7 Å². The minimum Gasteiger partial charge on any atom is -0.480 e. The SMILES string of the molecule is COC(=O)C1=C(CN2CCN3C(=O)N(C(C)(C)C)C[C@H]3[C@@H]2C(=O)O)NC(c2ncc(F)cc2F)=N[C@H]1c1ccc(F)cc1Cl. The van der Waals surface area contributed by atoms with Gasteiger partial charge in [0.25, 0.3) is 0 Å². The number of pyridine rings is 1. The Balaban J connectivity index is 1.61. The summed E-state index contributed by atoms with van der Waals surface area (Å²) < 4.78 is 47.7. The molecule has 44 heavy (non-hydrogen) atoms. The highest BCUT2D eigenvalue weighted by atomic mass is 35.5. The van der Waals surface area contributed by atoms with Crippen molar-refractivity contribution in [2.75, 3.05) is 33.3 Å². The van der Waals surface area contributed by atoms with E-state index in [0.717, 1.165) is 25.4 Å². The average Bonchev–Trinajstić information content (AvgIpc) is 3.28. The first-order valence-electron chi connectivity index (χ1n) is 13.7. The number of aliphatic carboxylic acids is 1. The lowest BCUT2D eigenvalue weighted by Crippen LogP contribution is -2.62. The second-order valence-electron chi connectivity index (χ2n) is 11.6. The molecule has 2 N–H and O–H groups in total. The summed E-state index contributed by atoms with van der Waals surface area (Å²) in [6.07, 6.45) is 0.791. The van der Waals surface area contributed by atoms with Crippen molar-refractivity contribution in [1.29, 1.82) is 0 Å². The summed E-state index contributed by atoms with van der Waals surface area (Å²) in [5.41, 5.74) is -0.744. The van der Waals surface area contributed by atoms with E-state index in [1.165, 1.54) is 11.0 Å². The van der Waals surface area contributed by atoms with Crippen LogP contribution in [0.5, 0.6) is 0 Å². The van der Waals surface area contributed by atoms with Crippen LogP contribution in [0.25, 0.3) is 0 Å². The molecule has 2 aromatic rings. The molecule has 0 bridgehead atoms. The van der Waals surface area contributed by atoms with Crippen LogP contribution in [0.1, 0.15) is 38.1 Å². The van der Waals surface area contributed by atoms with Crippen LogP contribution in [0.4, 0.5) is 18.0 Å². The fraction of sp³-hybridized carbons (Fsp3) is 0.414. The first kappa shape index (κ1) is 31.3. The normalized spacial score (nSPS) is 22.5. The fourth-order valence-corrected chi connectivity index (χ4v) is 6.07. The van der Waals surface area contributed by atoms with Crippen molar-refractivity contribution in [2.24, 2.45) is 4.99 Å². The number of benzene rings is 1. The van der Waals surface area contributed by atoms with Crippen molar-refractivity contribution in [3.63, 3.8) is 0 Å². The molecule has 3 aliphatic rings. The van der Waals surface area contributed by atoms with Gasteiger partial charge in [0.15, 0.2) is 11.7 Å². The number of amidine groups is 1. The highest BCUT2D eigenvalue weighted by Gasteiger charge is 2.52. The third kappa shape index (κ3) is 5.71. The maximum absolute atomic E-state index is 15.0. The topological polar surface area (TPSA) is 128 Å². The van der Waals surface area contributed by atoms with Gasteiger partial charge < -0.3 is 25.0 Å². The molecule has 1 aromatic carbocycles. The lowest BCUT2D eigenvalue weighted by atomic mass is 9.94. The molecule has 5 rings (SSSR count). The standard InChI is InChI=1S/C29H30ClF3N6O5/c1-29(2,3)39-13-20-24(26(40)41)37(7-8-38(20)28(39)43)12-19-21(27(42)44-4)22(16-6-5-14(31)9-17(16)30)36-25(35-19)23-18(33)10-15(32)11-34-23/h5-6,9-11,20,22,24H,7-8,12-13H2,1-4H3,(H,35,36)(H,40,41)/t20-,22-,24+/m0/s1. The Bertz CT molecular complexity index is 1600. The van der Waals surface area contributed by atoms with Gasteiger partial charge in [0.2, 0.25) is 0 Å². The predicted molar refractivity (Wildman–Crippen MR) is 152 cm³/mol. The number of carbonyl (C=O) groups is 3. The summed E-state index contributed by atoms with van der Waals surface area (Å²) >= 11 is 6.38. The zero-order valence-corrected chi connectivity index (χ0v) is 25.0. The van der Waals surface area contributed by atoms with Crippen LogP contribution >= 0.6 is 11.6 Å². The van der Waals surface area contributed by atoms with Gasteiger partial charge in [0, 0.05) is 54.1 Å². The van der Waals surface area contributed by atoms with E-state index >= 15 is 0 Å². The maximum atomic E-state index is 15.0. The quantitative estimate of drug-likeness (QED) is 0.464. The summed E-state index contributed by atoms with van der Waals surface area (Å²) in [5.74, 6) is -4.86. The molecule has 4 heterocycles. The molecule has 2 fully saturated rings. The molecule has 2 saturated heterocycles. The van der Waals surface area contributed by atoms with Gasteiger partial charge in [-0.05, 0) is 32.9 Å². The number of carbonyl (C=O) groups excluding carboxylic acids is 2. The number of aromatic nitrogens is 1. The molecule has 0 unspecified atom stereocenters. The lowest BCUT2D eigenvalue weighted by Gasteiger charge is -2.42. The van der Waals surface area contributed by atoms with Gasteiger partial charge in [-0.3, -0.25) is 14.7 Å². The first-order chi connectivity index (χ1) is 20.7. The number of hydrogen-bond acceptors (Lipinski definition) is 8. The molecule has 234 valence electrons. The van der Waals surface area contributed by atoms with Gasteiger partial charge in [-0.25, -0.2) is 27.7 Å². The number of amides is 2. The van der Waals surface area contributed by atoms with E-state index in [9.17, 15) is 32.7 Å². The lowest BCUT2D eigenvalue weighted by molar-refractivity contribution is -0.147. The maximum Gasteiger partial charge on any atom is 0.338 e. The van der Waals surface area contributed by atoms with E-state index in [1.807, 2.05) is 20.8 Å².